The average molecular weight is 574 g/mol. The van der Waals surface area contributed by atoms with Crippen molar-refractivity contribution in [3.63, 3.8) is 0 Å². The van der Waals surface area contributed by atoms with E-state index in [2.05, 4.69) is 10.3 Å². The van der Waals surface area contributed by atoms with E-state index < -0.39 is 47.3 Å². The van der Waals surface area contributed by atoms with E-state index in [-0.39, 0.29) is 17.2 Å². The van der Waals surface area contributed by atoms with E-state index in [1.807, 2.05) is 25.1 Å². The summed E-state index contributed by atoms with van der Waals surface area (Å²) in [6.07, 6.45) is 0. The number of aliphatic carboxylic acids is 1. The molecule has 0 aliphatic carbocycles. The van der Waals surface area contributed by atoms with Crippen LogP contribution in [0.5, 0.6) is 5.75 Å². The molecule has 10 nitrogen and oxygen atoms in total. The molecule has 0 saturated carbocycles. The van der Waals surface area contributed by atoms with Crippen molar-refractivity contribution in [2.75, 3.05) is 18.5 Å². The van der Waals surface area contributed by atoms with Crippen LogP contribution >= 0.6 is 34.7 Å². The third-order valence-electron chi connectivity index (χ3n) is 6.18. The maximum atomic E-state index is 13.4. The fourth-order valence-electron chi connectivity index (χ4n) is 4.66. The number of fused-ring (bicyclic) bond motifs is 2. The Bertz CT molecular complexity index is 1540. The number of aromatic amines is 1. The number of aromatic nitrogens is 1. The van der Waals surface area contributed by atoms with Gasteiger partial charge in [0.05, 0.1) is 10.9 Å². The minimum Gasteiger partial charge on any atom is -0.483 e. The van der Waals surface area contributed by atoms with Crippen molar-refractivity contribution >= 4 is 64.1 Å². The summed E-state index contributed by atoms with van der Waals surface area (Å²) in [7, 11) is 0. The molecule has 5 rings (SSSR count). The Hall–Kier alpha value is -3.61. The van der Waals surface area contributed by atoms with Crippen LogP contribution in [0.1, 0.15) is 21.9 Å². The number of carbonyl (C=O) groups is 4. The van der Waals surface area contributed by atoms with Crippen molar-refractivity contribution in [2.24, 2.45) is 5.92 Å². The van der Waals surface area contributed by atoms with Gasteiger partial charge in [0.15, 0.2) is 6.61 Å². The Morgan fingerprint density at radius 1 is 1.16 bits per heavy atom. The van der Waals surface area contributed by atoms with Gasteiger partial charge in [-0.2, -0.15) is 0 Å². The number of thiazole rings is 1. The van der Waals surface area contributed by atoms with Crippen LogP contribution < -0.4 is 14.9 Å². The van der Waals surface area contributed by atoms with Crippen LogP contribution in [0.25, 0.3) is 0 Å². The molecule has 13 heteroatoms. The molecule has 38 heavy (non-hydrogen) atoms. The van der Waals surface area contributed by atoms with E-state index in [1.54, 1.807) is 24.3 Å². The van der Waals surface area contributed by atoms with E-state index in [1.165, 1.54) is 0 Å². The van der Waals surface area contributed by atoms with Crippen molar-refractivity contribution in [1.82, 2.24) is 9.88 Å². The quantitative estimate of drug-likeness (QED) is 0.366. The van der Waals surface area contributed by atoms with E-state index in [0.29, 0.717) is 26.2 Å². The molecular weight excluding hydrogens is 554 g/mol. The van der Waals surface area contributed by atoms with Gasteiger partial charge in [-0.15, -0.1) is 0 Å². The lowest BCUT2D eigenvalue weighted by Gasteiger charge is -2.31. The molecule has 196 valence electrons. The molecule has 2 aliphatic heterocycles. The number of anilines is 1. The van der Waals surface area contributed by atoms with Crippen LogP contribution in [0.3, 0.4) is 0 Å². The Kier molecular flexibility index (Phi) is 7.03. The summed E-state index contributed by atoms with van der Waals surface area (Å²) in [6, 6.07) is 12.0. The summed E-state index contributed by atoms with van der Waals surface area (Å²) in [5.41, 5.74) is 1.99. The fourth-order valence-corrected chi connectivity index (χ4v) is 7.37. The lowest BCUT2D eigenvalue weighted by molar-refractivity contribution is -0.149. The normalized spacial score (nSPS) is 20.2. The topological polar surface area (TPSA) is 146 Å². The van der Waals surface area contributed by atoms with Gasteiger partial charge in [-0.1, -0.05) is 46.8 Å². The molecule has 0 radical (unpaired) electrons. The van der Waals surface area contributed by atoms with Crippen molar-refractivity contribution in [1.29, 1.82) is 0 Å². The largest absolute Gasteiger partial charge is 0.483 e. The van der Waals surface area contributed by atoms with Gasteiger partial charge in [-0.3, -0.25) is 28.9 Å². The number of likely N-dealkylation sites (tertiary alicyclic amines) is 1. The smallest absolute Gasteiger partial charge is 0.323 e. The number of halogens is 1. The number of amides is 3. The van der Waals surface area contributed by atoms with Crippen LogP contribution in [0.15, 0.2) is 52.3 Å². The molecule has 3 N–H and O–H groups in total. The Balaban J connectivity index is 1.49. The van der Waals surface area contributed by atoms with Crippen molar-refractivity contribution < 1.29 is 29.0 Å². The maximum Gasteiger partial charge on any atom is 0.323 e. The van der Waals surface area contributed by atoms with Crippen LogP contribution in [0.4, 0.5) is 5.69 Å². The lowest BCUT2D eigenvalue weighted by atomic mass is 9.82. The zero-order valence-corrected chi connectivity index (χ0v) is 22.1. The number of carboxylic acids is 1. The summed E-state index contributed by atoms with van der Waals surface area (Å²) in [4.78, 5) is 66.2. The van der Waals surface area contributed by atoms with Gasteiger partial charge in [0.1, 0.15) is 17.5 Å². The van der Waals surface area contributed by atoms with E-state index in [0.717, 1.165) is 33.6 Å². The minimum atomic E-state index is -1.32. The number of ether oxygens (including phenoxy) is 1. The van der Waals surface area contributed by atoms with Crippen molar-refractivity contribution in [2.45, 2.75) is 23.1 Å². The zero-order chi connectivity index (χ0) is 27.1. The van der Waals surface area contributed by atoms with Gasteiger partial charge in [0.2, 0.25) is 11.8 Å². The summed E-state index contributed by atoms with van der Waals surface area (Å²) >= 11 is 8.24. The maximum absolute atomic E-state index is 13.4. The second-order valence-electron chi connectivity index (χ2n) is 8.79. The summed E-state index contributed by atoms with van der Waals surface area (Å²) < 4.78 is 5.87. The number of thioether (sulfide) groups is 1. The predicted octanol–water partition coefficient (Wildman–Crippen LogP) is 3.09. The Morgan fingerprint density at radius 3 is 2.68 bits per heavy atom. The Labute approximate surface area is 228 Å². The summed E-state index contributed by atoms with van der Waals surface area (Å²) in [5.74, 6) is -4.61. The zero-order valence-electron chi connectivity index (χ0n) is 19.7. The molecule has 3 amide bonds. The number of hydrogen-bond donors (Lipinski definition) is 3. The highest BCUT2D eigenvalue weighted by molar-refractivity contribution is 8.00. The van der Waals surface area contributed by atoms with Gasteiger partial charge in [0.25, 0.3) is 5.91 Å². The first-order chi connectivity index (χ1) is 18.1. The number of H-pyrrole nitrogens is 1. The molecule has 1 saturated heterocycles. The molecule has 0 spiro atoms. The van der Waals surface area contributed by atoms with Crippen LogP contribution in [-0.4, -0.2) is 57.1 Å². The number of carboxylic acid groups (broad SMARTS) is 1. The lowest BCUT2D eigenvalue weighted by Crippen LogP contribution is -2.36. The molecule has 1 aromatic heterocycles. The third-order valence-corrected chi connectivity index (χ3v) is 8.81. The molecule has 2 aromatic carbocycles. The molecule has 0 unspecified atom stereocenters. The number of nitrogens with one attached hydrogen (secondary N) is 2. The van der Waals surface area contributed by atoms with Crippen molar-refractivity contribution in [3.05, 3.63) is 73.2 Å². The van der Waals surface area contributed by atoms with Crippen molar-refractivity contribution in [3.8, 4) is 5.75 Å². The number of aryl methyl sites for hydroxylation is 1. The Morgan fingerprint density at radius 2 is 1.95 bits per heavy atom. The molecule has 1 fully saturated rings. The highest BCUT2D eigenvalue weighted by Gasteiger charge is 2.56. The summed E-state index contributed by atoms with van der Waals surface area (Å²) in [5, 5.41) is 11.8. The SMILES string of the molecule is Cc1cccc(NC(=O)COc2ccc(Cl)cc2[C@@H]2c3sc(=O)[nH]c3S[C@@H]3C(=O)N(CC(=O)O)C(=O)[C@H]23)c1. The number of hydrogen-bond acceptors (Lipinski definition) is 8. The monoisotopic (exact) mass is 573 g/mol. The highest BCUT2D eigenvalue weighted by Crippen LogP contribution is 2.54. The van der Waals surface area contributed by atoms with Crippen LogP contribution in [0, 0.1) is 12.8 Å². The van der Waals surface area contributed by atoms with E-state index in [4.69, 9.17) is 16.3 Å². The molecule has 2 aliphatic rings. The van der Waals surface area contributed by atoms with Gasteiger partial charge in [0, 0.05) is 27.1 Å². The molecular formula is C25H20ClN3O7S2. The third kappa shape index (κ3) is 4.94. The summed E-state index contributed by atoms with van der Waals surface area (Å²) in [6.45, 7) is 0.782. The number of rotatable bonds is 7. The number of benzene rings is 2. The number of nitrogens with zero attached hydrogens (tertiary/aromatic N) is 1. The minimum absolute atomic E-state index is 0.244. The predicted molar refractivity (Wildman–Crippen MR) is 141 cm³/mol. The van der Waals surface area contributed by atoms with Crippen LogP contribution in [0.2, 0.25) is 5.02 Å². The second-order valence-corrected chi connectivity index (χ2v) is 11.4. The van der Waals surface area contributed by atoms with E-state index >= 15 is 0 Å². The first-order valence-electron chi connectivity index (χ1n) is 11.4. The highest BCUT2D eigenvalue weighted by atomic mass is 35.5. The van der Waals surface area contributed by atoms with E-state index in [9.17, 15) is 29.1 Å². The first kappa shape index (κ1) is 26.0. The number of carbonyl (C=O) groups excluding carboxylic acids is 3. The van der Waals surface area contributed by atoms with Gasteiger partial charge in [-0.25, -0.2) is 0 Å². The fraction of sp³-hybridized carbons (Fsp3) is 0.240. The molecule has 3 aromatic rings. The standard InChI is InChI=1S/C25H20ClN3O7S2/c1-11-3-2-4-13(7-11)27-16(30)10-36-15-6-5-12(26)8-14(15)18-19-21(37-22-20(18)38-25(35)28-22)24(34)29(23(19)33)9-17(31)32/h2-8,18-19,21H,9-10H2,1H3,(H,27,30)(H,28,35)(H,31,32)/t18-,19+,21-/m0/s1. The molecule has 3 heterocycles. The van der Waals surface area contributed by atoms with Gasteiger partial charge >= 0.3 is 10.8 Å². The first-order valence-corrected chi connectivity index (χ1v) is 13.4. The average Bonchev–Trinajstić information content (AvgIpc) is 3.33. The molecule has 0 bridgehead atoms. The van der Waals surface area contributed by atoms with Gasteiger partial charge < -0.3 is 20.1 Å². The number of imide groups is 1. The van der Waals surface area contributed by atoms with Crippen LogP contribution in [-0.2, 0) is 19.2 Å². The second kappa shape index (κ2) is 10.3. The molecule has 3 atom stereocenters. The van der Waals surface area contributed by atoms with Gasteiger partial charge in [-0.05, 0) is 42.8 Å².